The fourth-order valence-corrected chi connectivity index (χ4v) is 3.11. The highest BCUT2D eigenvalue weighted by atomic mass is 35.5. The van der Waals surface area contributed by atoms with Crippen LogP contribution in [-0.4, -0.2) is 34.4 Å². The monoisotopic (exact) mass is 439 g/mol. The molecule has 0 radical (unpaired) electrons. The first-order chi connectivity index (χ1) is 15.0. The number of hydrogen-bond donors (Lipinski definition) is 2. The van der Waals surface area contributed by atoms with Crippen LogP contribution in [0.3, 0.4) is 0 Å². The average molecular weight is 440 g/mol. The third-order valence-electron chi connectivity index (χ3n) is 4.59. The number of primary amides is 1. The average Bonchev–Trinajstić information content (AvgIpc) is 3.26. The Morgan fingerprint density at radius 1 is 1.19 bits per heavy atom. The van der Waals surface area contributed by atoms with Crippen LogP contribution in [0, 0.1) is 5.92 Å². The maximum absolute atomic E-state index is 12.9. The van der Waals surface area contributed by atoms with Crippen molar-refractivity contribution >= 4 is 35.1 Å². The summed E-state index contributed by atoms with van der Waals surface area (Å²) in [5, 5.41) is 7.40. The predicted molar refractivity (Wildman–Crippen MR) is 114 cm³/mol. The fraction of sp³-hybridized carbons (Fsp3) is 0.143. The van der Waals surface area contributed by atoms with E-state index < -0.39 is 17.7 Å². The second kappa shape index (κ2) is 8.88. The largest absolute Gasteiger partial charge is 0.436 e. The number of nitrogens with one attached hydrogen (secondary N) is 1. The fourth-order valence-electron chi connectivity index (χ4n) is 2.99. The van der Waals surface area contributed by atoms with E-state index in [1.807, 2.05) is 0 Å². The van der Waals surface area contributed by atoms with Crippen LogP contribution in [0.25, 0.3) is 0 Å². The molecule has 2 heterocycles. The van der Waals surface area contributed by atoms with Gasteiger partial charge in [0.15, 0.2) is 0 Å². The Morgan fingerprint density at radius 3 is 2.58 bits per heavy atom. The second-order valence-electron chi connectivity index (χ2n) is 6.76. The van der Waals surface area contributed by atoms with Gasteiger partial charge in [-0.15, -0.1) is 0 Å². The van der Waals surface area contributed by atoms with Crippen molar-refractivity contribution < 1.29 is 18.8 Å². The SMILES string of the molecule is NC(=O)C1CN=C(Nc2ccc(Oc3ccon3)cc2)N(Cc2ccc(Cl)cc2)C1=O. The van der Waals surface area contributed by atoms with Gasteiger partial charge >= 0.3 is 0 Å². The standard InChI is InChI=1S/C21H18ClN5O4/c22-14-3-1-13(2-4-14)12-27-20(29)17(19(23)28)11-24-21(27)25-15-5-7-16(8-6-15)31-18-9-10-30-26-18/h1-10,17H,11-12H2,(H2,23,28)(H,24,25). The number of aliphatic imine (C=N–C) groups is 1. The third-order valence-corrected chi connectivity index (χ3v) is 4.84. The van der Waals surface area contributed by atoms with Gasteiger partial charge < -0.3 is 20.3 Å². The summed E-state index contributed by atoms with van der Waals surface area (Å²) in [6.07, 6.45) is 1.41. The summed E-state index contributed by atoms with van der Waals surface area (Å²) in [5.74, 6) is -0.893. The van der Waals surface area contributed by atoms with E-state index >= 15 is 0 Å². The normalized spacial score (nSPS) is 16.0. The van der Waals surface area contributed by atoms with Gasteiger partial charge in [-0.1, -0.05) is 23.7 Å². The van der Waals surface area contributed by atoms with E-state index in [9.17, 15) is 9.59 Å². The molecule has 4 rings (SSSR count). The Balaban J connectivity index is 1.53. The van der Waals surface area contributed by atoms with Crippen molar-refractivity contribution in [3.63, 3.8) is 0 Å². The summed E-state index contributed by atoms with van der Waals surface area (Å²) in [7, 11) is 0. The Labute approximate surface area is 182 Å². The van der Waals surface area contributed by atoms with E-state index in [2.05, 4.69) is 15.5 Å². The Morgan fingerprint density at radius 2 is 1.94 bits per heavy atom. The maximum atomic E-state index is 12.9. The zero-order valence-corrected chi connectivity index (χ0v) is 17.0. The van der Waals surface area contributed by atoms with Gasteiger partial charge in [-0.2, -0.15) is 0 Å². The van der Waals surface area contributed by atoms with Crippen molar-refractivity contribution in [1.29, 1.82) is 0 Å². The molecule has 1 aliphatic rings. The van der Waals surface area contributed by atoms with Crippen LogP contribution in [0.2, 0.25) is 5.02 Å². The topological polar surface area (TPSA) is 123 Å². The van der Waals surface area contributed by atoms with Gasteiger partial charge in [-0.25, -0.2) is 0 Å². The van der Waals surface area contributed by atoms with E-state index in [0.717, 1.165) is 5.56 Å². The first-order valence-corrected chi connectivity index (χ1v) is 9.72. The predicted octanol–water partition coefficient (Wildman–Crippen LogP) is 3.03. The zero-order chi connectivity index (χ0) is 21.8. The number of ether oxygens (including phenoxy) is 1. The van der Waals surface area contributed by atoms with Gasteiger partial charge in [0.25, 0.3) is 5.88 Å². The van der Waals surface area contributed by atoms with Crippen molar-refractivity contribution in [3.8, 4) is 11.6 Å². The number of guanidine groups is 1. The van der Waals surface area contributed by atoms with E-state index in [-0.39, 0.29) is 13.1 Å². The maximum Gasteiger partial charge on any atom is 0.259 e. The highest BCUT2D eigenvalue weighted by Crippen LogP contribution is 2.23. The number of amides is 2. The van der Waals surface area contributed by atoms with Crippen LogP contribution in [0.4, 0.5) is 5.69 Å². The van der Waals surface area contributed by atoms with Crippen LogP contribution in [-0.2, 0) is 16.1 Å². The summed E-state index contributed by atoms with van der Waals surface area (Å²) in [6.45, 7) is 0.194. The van der Waals surface area contributed by atoms with E-state index in [1.165, 1.54) is 11.2 Å². The number of nitrogens with zero attached hydrogens (tertiary/aromatic N) is 3. The van der Waals surface area contributed by atoms with E-state index in [1.54, 1.807) is 54.6 Å². The van der Waals surface area contributed by atoms with E-state index in [4.69, 9.17) is 26.6 Å². The number of hydrogen-bond acceptors (Lipinski definition) is 7. The molecule has 9 nitrogen and oxygen atoms in total. The quantitative estimate of drug-likeness (QED) is 0.569. The van der Waals surface area contributed by atoms with Crippen molar-refractivity contribution in [2.24, 2.45) is 16.6 Å². The molecule has 2 aromatic carbocycles. The number of aromatic nitrogens is 1. The highest BCUT2D eigenvalue weighted by Gasteiger charge is 2.35. The Kier molecular flexibility index (Phi) is 5.85. The minimum atomic E-state index is -1.00. The lowest BCUT2D eigenvalue weighted by Gasteiger charge is -2.31. The van der Waals surface area contributed by atoms with Crippen LogP contribution in [0.15, 0.2) is 70.4 Å². The summed E-state index contributed by atoms with van der Waals surface area (Å²) >= 11 is 5.94. The number of anilines is 1. The van der Waals surface area contributed by atoms with Crippen molar-refractivity contribution in [2.75, 3.05) is 11.9 Å². The zero-order valence-electron chi connectivity index (χ0n) is 16.2. The summed E-state index contributed by atoms with van der Waals surface area (Å²) in [4.78, 5) is 30.4. The Bertz CT molecular complexity index is 1100. The molecule has 1 aliphatic heterocycles. The third kappa shape index (κ3) is 4.84. The lowest BCUT2D eigenvalue weighted by molar-refractivity contribution is -0.138. The molecular weight excluding hydrogens is 422 g/mol. The van der Waals surface area contributed by atoms with Gasteiger partial charge in [0.05, 0.1) is 13.1 Å². The number of rotatable bonds is 6. The first-order valence-electron chi connectivity index (χ1n) is 9.34. The van der Waals surface area contributed by atoms with Gasteiger partial charge in [-0.3, -0.25) is 19.5 Å². The van der Waals surface area contributed by atoms with Crippen LogP contribution in [0.1, 0.15) is 5.56 Å². The van der Waals surface area contributed by atoms with Crippen molar-refractivity contribution in [2.45, 2.75) is 6.54 Å². The number of nitrogens with two attached hydrogens (primary N) is 1. The molecule has 0 fully saturated rings. The second-order valence-corrected chi connectivity index (χ2v) is 7.20. The molecule has 10 heteroatoms. The first kappa shape index (κ1) is 20.4. The van der Waals surface area contributed by atoms with Crippen molar-refractivity contribution in [3.05, 3.63) is 71.4 Å². The minimum Gasteiger partial charge on any atom is -0.436 e. The van der Waals surface area contributed by atoms with Gasteiger partial charge in [-0.05, 0) is 47.1 Å². The van der Waals surface area contributed by atoms with Gasteiger partial charge in [0.1, 0.15) is 17.9 Å². The minimum absolute atomic E-state index is 0.0129. The molecule has 0 bridgehead atoms. The molecule has 0 saturated heterocycles. The molecule has 0 spiro atoms. The van der Waals surface area contributed by atoms with Crippen LogP contribution >= 0.6 is 11.6 Å². The number of carbonyl (C=O) groups excluding carboxylic acids is 2. The number of benzene rings is 2. The molecule has 0 saturated carbocycles. The summed E-state index contributed by atoms with van der Waals surface area (Å²) in [5.41, 5.74) is 6.89. The van der Waals surface area contributed by atoms with Gasteiger partial charge in [0, 0.05) is 16.8 Å². The molecule has 1 unspecified atom stereocenters. The molecule has 3 N–H and O–H groups in total. The number of carbonyl (C=O) groups is 2. The molecule has 1 atom stereocenters. The molecule has 2 amide bonds. The smallest absolute Gasteiger partial charge is 0.259 e. The lowest BCUT2D eigenvalue weighted by atomic mass is 10.1. The van der Waals surface area contributed by atoms with Gasteiger partial charge in [0.2, 0.25) is 17.8 Å². The summed E-state index contributed by atoms with van der Waals surface area (Å²) < 4.78 is 10.3. The molecule has 1 aromatic heterocycles. The Hall–Kier alpha value is -3.85. The van der Waals surface area contributed by atoms with Crippen LogP contribution < -0.4 is 15.8 Å². The summed E-state index contributed by atoms with van der Waals surface area (Å²) in [6, 6.07) is 15.7. The lowest BCUT2D eigenvalue weighted by Crippen LogP contribution is -2.51. The molecular formula is C21H18ClN5O4. The van der Waals surface area contributed by atoms with Crippen LogP contribution in [0.5, 0.6) is 11.6 Å². The van der Waals surface area contributed by atoms with Crippen molar-refractivity contribution in [1.82, 2.24) is 10.1 Å². The highest BCUT2D eigenvalue weighted by molar-refractivity contribution is 6.30. The molecule has 3 aromatic rings. The molecule has 31 heavy (non-hydrogen) atoms. The number of halogens is 1. The molecule has 158 valence electrons. The van der Waals surface area contributed by atoms with E-state index in [0.29, 0.717) is 28.3 Å². The molecule has 0 aliphatic carbocycles.